The van der Waals surface area contributed by atoms with Crippen molar-refractivity contribution in [1.29, 1.82) is 0 Å². The largest absolute Gasteiger partial charge is 0.504 e. The number of phenols is 2. The number of hydrogen-bond donors (Lipinski definition) is 5. The van der Waals surface area contributed by atoms with Crippen LogP contribution in [0.3, 0.4) is 0 Å². The summed E-state index contributed by atoms with van der Waals surface area (Å²) in [6.07, 6.45) is 0.653. The summed E-state index contributed by atoms with van der Waals surface area (Å²) in [5, 5.41) is 30.8. The van der Waals surface area contributed by atoms with Gasteiger partial charge in [-0.25, -0.2) is 4.79 Å². The van der Waals surface area contributed by atoms with E-state index >= 15 is 0 Å². The number of hydrogen-bond acceptors (Lipinski definition) is 5. The molecule has 1 aliphatic rings. The van der Waals surface area contributed by atoms with Crippen LogP contribution in [0.15, 0.2) is 42.5 Å². The van der Waals surface area contributed by atoms with Crippen molar-refractivity contribution in [3.05, 3.63) is 59.2 Å². The molecule has 0 radical (unpaired) electrons. The molecule has 136 valence electrons. The van der Waals surface area contributed by atoms with E-state index in [1.807, 2.05) is 24.3 Å². The Kier molecular flexibility index (Phi) is 4.56. The number of aromatic hydroxyl groups is 2. The van der Waals surface area contributed by atoms with Crippen molar-refractivity contribution in [2.24, 2.45) is 5.73 Å². The molecule has 2 aromatic rings. The highest BCUT2D eigenvalue weighted by atomic mass is 16.4. The van der Waals surface area contributed by atoms with Crippen molar-refractivity contribution in [3.8, 4) is 11.5 Å². The lowest BCUT2D eigenvalue weighted by Crippen LogP contribution is -2.58. The van der Waals surface area contributed by atoms with Crippen LogP contribution < -0.4 is 11.1 Å². The van der Waals surface area contributed by atoms with Crippen LogP contribution in [0.5, 0.6) is 11.5 Å². The lowest BCUT2D eigenvalue weighted by Gasteiger charge is -2.25. The van der Waals surface area contributed by atoms with Gasteiger partial charge in [-0.05, 0) is 41.7 Å². The minimum Gasteiger partial charge on any atom is -0.504 e. The lowest BCUT2D eigenvalue weighted by atomic mass is 9.95. The highest BCUT2D eigenvalue weighted by molar-refractivity contribution is 5.91. The number of phenolic OH excluding ortho intramolecular Hbond substituents is 2. The monoisotopic (exact) mass is 356 g/mol. The van der Waals surface area contributed by atoms with Gasteiger partial charge in [-0.3, -0.25) is 4.79 Å². The number of carbonyl (C=O) groups excluding carboxylic acids is 1. The molecule has 0 unspecified atom stereocenters. The Morgan fingerprint density at radius 1 is 1.08 bits per heavy atom. The molecule has 1 aliphatic carbocycles. The number of nitrogens with two attached hydrogens (primary N) is 1. The van der Waals surface area contributed by atoms with Gasteiger partial charge in [-0.2, -0.15) is 0 Å². The predicted octanol–water partition coefficient (Wildman–Crippen LogP) is 0.706. The smallest absolute Gasteiger partial charge is 0.326 e. The van der Waals surface area contributed by atoms with Gasteiger partial charge in [0, 0.05) is 6.42 Å². The molecule has 2 aromatic carbocycles. The first-order chi connectivity index (χ1) is 12.3. The van der Waals surface area contributed by atoms with Crippen molar-refractivity contribution in [2.45, 2.75) is 30.8 Å². The van der Waals surface area contributed by atoms with E-state index in [0.29, 0.717) is 18.4 Å². The number of rotatable bonds is 5. The Labute approximate surface area is 150 Å². The molecule has 0 bridgehead atoms. The summed E-state index contributed by atoms with van der Waals surface area (Å²) in [5.41, 5.74) is 7.51. The van der Waals surface area contributed by atoms with Crippen LogP contribution in [0.25, 0.3) is 0 Å². The van der Waals surface area contributed by atoms with E-state index in [1.165, 1.54) is 18.2 Å². The Balaban J connectivity index is 1.73. The number of aliphatic carboxylic acids is 1. The van der Waals surface area contributed by atoms with E-state index in [-0.39, 0.29) is 17.9 Å². The Bertz CT molecular complexity index is 840. The van der Waals surface area contributed by atoms with Crippen molar-refractivity contribution in [1.82, 2.24) is 5.32 Å². The average Bonchev–Trinajstić information content (AvgIpc) is 2.94. The van der Waals surface area contributed by atoms with E-state index in [4.69, 9.17) is 5.73 Å². The van der Waals surface area contributed by atoms with E-state index in [0.717, 1.165) is 11.1 Å². The predicted molar refractivity (Wildman–Crippen MR) is 93.8 cm³/mol. The summed E-state index contributed by atoms with van der Waals surface area (Å²) < 4.78 is 0. The summed E-state index contributed by atoms with van der Waals surface area (Å²) in [6.45, 7) is 0. The van der Waals surface area contributed by atoms with Gasteiger partial charge in [0.25, 0.3) is 0 Å². The van der Waals surface area contributed by atoms with Crippen LogP contribution in [-0.4, -0.2) is 38.8 Å². The van der Waals surface area contributed by atoms with Gasteiger partial charge in [0.1, 0.15) is 11.6 Å². The minimum atomic E-state index is -1.20. The van der Waals surface area contributed by atoms with Crippen LogP contribution in [0.4, 0.5) is 0 Å². The van der Waals surface area contributed by atoms with Crippen molar-refractivity contribution in [2.75, 3.05) is 0 Å². The number of fused-ring (bicyclic) bond motifs is 1. The van der Waals surface area contributed by atoms with Crippen LogP contribution in [0.1, 0.15) is 16.7 Å². The molecule has 1 amide bonds. The van der Waals surface area contributed by atoms with Crippen molar-refractivity contribution >= 4 is 11.9 Å². The maximum atomic E-state index is 12.7. The van der Waals surface area contributed by atoms with E-state index < -0.39 is 23.5 Å². The zero-order chi connectivity index (χ0) is 18.9. The molecule has 0 fully saturated rings. The second kappa shape index (κ2) is 6.68. The average molecular weight is 356 g/mol. The molecule has 0 saturated carbocycles. The van der Waals surface area contributed by atoms with Crippen LogP contribution >= 0.6 is 0 Å². The molecule has 0 saturated heterocycles. The standard InChI is InChI=1S/C19H20N2O5/c20-19(9-12-3-1-2-4-13(12)10-19)18(26)21-14(17(24)25)7-11-5-6-15(22)16(23)8-11/h1-6,8,14,22-23H,7,9-10,20H2,(H,21,26)(H,24,25)/t14-/m1/s1. The molecule has 6 N–H and O–H groups in total. The normalized spacial score (nSPS) is 15.9. The zero-order valence-corrected chi connectivity index (χ0v) is 14.0. The van der Waals surface area contributed by atoms with Crippen LogP contribution in [-0.2, 0) is 28.9 Å². The summed E-state index contributed by atoms with van der Waals surface area (Å²) in [7, 11) is 0. The Morgan fingerprint density at radius 2 is 1.69 bits per heavy atom. The summed E-state index contributed by atoms with van der Waals surface area (Å²) in [4.78, 5) is 24.2. The second-order valence-corrected chi connectivity index (χ2v) is 6.67. The molecule has 0 aromatic heterocycles. The quantitative estimate of drug-likeness (QED) is 0.501. The fraction of sp³-hybridized carbons (Fsp3) is 0.263. The van der Waals surface area contributed by atoms with E-state index in [9.17, 15) is 24.9 Å². The lowest BCUT2D eigenvalue weighted by molar-refractivity contribution is -0.142. The fourth-order valence-electron chi connectivity index (χ4n) is 3.24. The minimum absolute atomic E-state index is 0.0437. The first kappa shape index (κ1) is 17.8. The molecule has 26 heavy (non-hydrogen) atoms. The van der Waals surface area contributed by atoms with Gasteiger partial charge in [0.15, 0.2) is 11.5 Å². The number of carboxylic acid groups (broad SMARTS) is 1. The molecule has 7 nitrogen and oxygen atoms in total. The number of benzene rings is 2. The molecule has 3 rings (SSSR count). The molecule has 0 heterocycles. The highest BCUT2D eigenvalue weighted by Crippen LogP contribution is 2.29. The number of carboxylic acids is 1. The molecular weight excluding hydrogens is 336 g/mol. The van der Waals surface area contributed by atoms with E-state index in [1.54, 1.807) is 0 Å². The van der Waals surface area contributed by atoms with Gasteiger partial charge in [-0.1, -0.05) is 30.3 Å². The topological polar surface area (TPSA) is 133 Å². The SMILES string of the molecule is NC1(C(=O)N[C@H](Cc2ccc(O)c(O)c2)C(=O)O)Cc2ccccc2C1. The van der Waals surface area contributed by atoms with Crippen molar-refractivity contribution in [3.63, 3.8) is 0 Å². The number of carbonyl (C=O) groups is 2. The van der Waals surface area contributed by atoms with Gasteiger partial charge >= 0.3 is 5.97 Å². The zero-order valence-electron chi connectivity index (χ0n) is 14.0. The molecule has 0 spiro atoms. The van der Waals surface area contributed by atoms with E-state index in [2.05, 4.69) is 5.32 Å². The Hall–Kier alpha value is -3.06. The van der Waals surface area contributed by atoms with Gasteiger partial charge < -0.3 is 26.4 Å². The first-order valence-corrected chi connectivity index (χ1v) is 8.19. The molecule has 0 aliphatic heterocycles. The van der Waals surface area contributed by atoms with Gasteiger partial charge in [0.2, 0.25) is 5.91 Å². The third-order valence-electron chi connectivity index (χ3n) is 4.67. The van der Waals surface area contributed by atoms with Crippen molar-refractivity contribution < 1.29 is 24.9 Å². The van der Waals surface area contributed by atoms with Crippen LogP contribution in [0, 0.1) is 0 Å². The first-order valence-electron chi connectivity index (χ1n) is 8.19. The number of amides is 1. The molecular formula is C19H20N2O5. The fourth-order valence-corrected chi connectivity index (χ4v) is 3.24. The third kappa shape index (κ3) is 3.48. The second-order valence-electron chi connectivity index (χ2n) is 6.67. The highest BCUT2D eigenvalue weighted by Gasteiger charge is 2.41. The van der Waals surface area contributed by atoms with Gasteiger partial charge in [-0.15, -0.1) is 0 Å². The number of nitrogens with one attached hydrogen (secondary N) is 1. The third-order valence-corrected chi connectivity index (χ3v) is 4.67. The Morgan fingerprint density at radius 3 is 2.23 bits per heavy atom. The maximum Gasteiger partial charge on any atom is 0.326 e. The van der Waals surface area contributed by atoms with Crippen LogP contribution in [0.2, 0.25) is 0 Å². The van der Waals surface area contributed by atoms with Gasteiger partial charge in [0.05, 0.1) is 0 Å². The summed E-state index contributed by atoms with van der Waals surface area (Å²) in [5.74, 6) is -2.37. The summed E-state index contributed by atoms with van der Waals surface area (Å²) in [6, 6.07) is 10.4. The molecule has 7 heteroatoms. The molecule has 1 atom stereocenters. The summed E-state index contributed by atoms with van der Waals surface area (Å²) >= 11 is 0. The maximum absolute atomic E-state index is 12.7.